The van der Waals surface area contributed by atoms with Crippen molar-refractivity contribution >= 4 is 45.5 Å². The van der Waals surface area contributed by atoms with E-state index in [0.29, 0.717) is 19.8 Å². The monoisotopic (exact) mass is 363 g/mol. The van der Waals surface area contributed by atoms with E-state index in [1.54, 1.807) is 36.4 Å². The number of rotatable bonds is 4. The van der Waals surface area contributed by atoms with E-state index in [1.165, 1.54) is 0 Å². The van der Waals surface area contributed by atoms with Gasteiger partial charge in [0.15, 0.2) is 9.90 Å². The molecule has 0 radical (unpaired) electrons. The minimum absolute atomic E-state index is 0.0622. The normalized spacial score (nSPS) is 11.9. The van der Waals surface area contributed by atoms with E-state index in [0.717, 1.165) is 11.5 Å². The molecular formula is C15H10ClN3O2S2. The maximum Gasteiger partial charge on any atom is 0.278 e. The van der Waals surface area contributed by atoms with Gasteiger partial charge in [0.05, 0.1) is 10.8 Å². The summed E-state index contributed by atoms with van der Waals surface area (Å²) >= 11 is 6.77. The van der Waals surface area contributed by atoms with Crippen LogP contribution in [0.3, 0.4) is 0 Å². The van der Waals surface area contributed by atoms with Gasteiger partial charge in [-0.2, -0.15) is 0 Å². The number of halogens is 1. The van der Waals surface area contributed by atoms with Crippen LogP contribution in [-0.4, -0.2) is 19.7 Å². The maximum atomic E-state index is 12.6. The number of hydrogen-bond donors (Lipinski definition) is 1. The lowest BCUT2D eigenvalue weighted by Crippen LogP contribution is -2.14. The molecule has 0 unspecified atom stereocenters. The van der Waals surface area contributed by atoms with E-state index in [4.69, 9.17) is 11.6 Å². The summed E-state index contributed by atoms with van der Waals surface area (Å²) in [5.41, 5.74) is 0.695. The quantitative estimate of drug-likeness (QED) is 0.768. The van der Waals surface area contributed by atoms with E-state index in [2.05, 4.69) is 14.9 Å². The lowest BCUT2D eigenvalue weighted by atomic mass is 10.3. The lowest BCUT2D eigenvalue weighted by Gasteiger charge is -2.04. The molecule has 1 atom stereocenters. The fourth-order valence-corrected chi connectivity index (χ4v) is 3.93. The van der Waals surface area contributed by atoms with E-state index < -0.39 is 16.7 Å². The number of carbonyl (C=O) groups is 1. The second kappa shape index (κ2) is 6.99. The number of aromatic nitrogens is 2. The Morgan fingerprint density at radius 2 is 1.78 bits per heavy atom. The summed E-state index contributed by atoms with van der Waals surface area (Å²) < 4.78 is 16.7. The zero-order valence-electron chi connectivity index (χ0n) is 11.6. The summed E-state index contributed by atoms with van der Waals surface area (Å²) in [5.74, 6) is -0.442. The molecule has 3 aromatic rings. The third-order valence-electron chi connectivity index (χ3n) is 2.90. The van der Waals surface area contributed by atoms with E-state index in [-0.39, 0.29) is 5.69 Å². The van der Waals surface area contributed by atoms with Crippen molar-refractivity contribution in [1.82, 2.24) is 9.59 Å². The van der Waals surface area contributed by atoms with Gasteiger partial charge >= 0.3 is 0 Å². The molecule has 1 amide bonds. The Kier molecular flexibility index (Phi) is 4.80. The molecule has 8 heteroatoms. The summed E-state index contributed by atoms with van der Waals surface area (Å²) in [4.78, 5) is 12.9. The molecule has 1 heterocycles. The van der Waals surface area contributed by atoms with Crippen LogP contribution in [0, 0.1) is 0 Å². The van der Waals surface area contributed by atoms with Gasteiger partial charge in [0.25, 0.3) is 5.91 Å². The smallest absolute Gasteiger partial charge is 0.278 e. The molecule has 0 aliphatic carbocycles. The average Bonchev–Trinajstić information content (AvgIpc) is 3.05. The van der Waals surface area contributed by atoms with Crippen molar-refractivity contribution in [3.8, 4) is 0 Å². The Bertz CT molecular complexity index is 851. The van der Waals surface area contributed by atoms with Crippen molar-refractivity contribution < 1.29 is 9.00 Å². The zero-order chi connectivity index (χ0) is 16.2. The number of benzene rings is 2. The van der Waals surface area contributed by atoms with Crippen LogP contribution in [-0.2, 0) is 10.8 Å². The number of anilines is 1. The molecule has 2 aromatic carbocycles. The van der Waals surface area contributed by atoms with Crippen molar-refractivity contribution in [2.24, 2.45) is 0 Å². The van der Waals surface area contributed by atoms with Gasteiger partial charge in [-0.05, 0) is 47.9 Å². The van der Waals surface area contributed by atoms with E-state index in [1.807, 2.05) is 18.2 Å². The summed E-state index contributed by atoms with van der Waals surface area (Å²) in [6, 6.07) is 15.6. The topological polar surface area (TPSA) is 72.0 Å². The van der Waals surface area contributed by atoms with Crippen molar-refractivity contribution in [3.05, 3.63) is 65.3 Å². The van der Waals surface area contributed by atoms with Crippen LogP contribution in [0.2, 0.25) is 5.02 Å². The lowest BCUT2D eigenvalue weighted by molar-refractivity contribution is 0.101. The standard InChI is InChI=1S/C15H10ClN3O2S2/c16-10-6-8-12(9-7-10)23(21)15-13(18-19-22-15)14(20)17-11-4-2-1-3-5-11/h1-9H,(H,17,20)/t23-/m0/s1. The van der Waals surface area contributed by atoms with Gasteiger partial charge in [-0.1, -0.05) is 34.3 Å². The molecule has 5 nitrogen and oxygen atoms in total. The highest BCUT2D eigenvalue weighted by Crippen LogP contribution is 2.24. The molecule has 0 spiro atoms. The van der Waals surface area contributed by atoms with Crippen LogP contribution in [0.15, 0.2) is 63.7 Å². The number of carbonyl (C=O) groups excluding carboxylic acids is 1. The molecule has 1 N–H and O–H groups in total. The second-order valence-electron chi connectivity index (χ2n) is 4.45. The second-order valence-corrected chi connectivity index (χ2v) is 7.32. The molecule has 0 saturated carbocycles. The summed E-state index contributed by atoms with van der Waals surface area (Å²) in [6.45, 7) is 0. The van der Waals surface area contributed by atoms with Crippen LogP contribution < -0.4 is 5.32 Å². The van der Waals surface area contributed by atoms with Crippen molar-refractivity contribution in [2.45, 2.75) is 9.10 Å². The third kappa shape index (κ3) is 3.64. The first-order chi connectivity index (χ1) is 11.1. The number of hydrogen-bond acceptors (Lipinski definition) is 5. The minimum atomic E-state index is -1.54. The van der Waals surface area contributed by atoms with Gasteiger partial charge in [-0.25, -0.2) is 4.21 Å². The molecule has 0 aliphatic rings. The SMILES string of the molecule is O=C(Nc1ccccc1)c1nnsc1[S@@](=O)c1ccc(Cl)cc1. The molecule has 0 aliphatic heterocycles. The molecule has 0 bridgehead atoms. The fourth-order valence-electron chi connectivity index (χ4n) is 1.82. The van der Waals surface area contributed by atoms with Crippen molar-refractivity contribution in [1.29, 1.82) is 0 Å². The van der Waals surface area contributed by atoms with E-state index >= 15 is 0 Å². The Balaban J connectivity index is 1.85. The first kappa shape index (κ1) is 15.8. The fraction of sp³-hybridized carbons (Fsp3) is 0. The highest BCUT2D eigenvalue weighted by atomic mass is 35.5. The summed E-state index contributed by atoms with van der Waals surface area (Å²) in [7, 11) is -1.54. The Hall–Kier alpha value is -2.09. The van der Waals surface area contributed by atoms with Gasteiger partial charge in [-0.15, -0.1) is 5.10 Å². The number of para-hydroxylation sites is 1. The maximum absolute atomic E-state index is 12.6. The predicted octanol–water partition coefficient (Wildman–Crippen LogP) is 3.61. The van der Waals surface area contributed by atoms with Gasteiger partial charge < -0.3 is 5.32 Å². The molecule has 23 heavy (non-hydrogen) atoms. The van der Waals surface area contributed by atoms with Gasteiger partial charge in [0, 0.05) is 15.6 Å². The number of nitrogens with zero attached hydrogens (tertiary/aromatic N) is 2. The summed E-state index contributed by atoms with van der Waals surface area (Å²) in [6.07, 6.45) is 0. The van der Waals surface area contributed by atoms with Crippen molar-refractivity contribution in [2.75, 3.05) is 5.32 Å². The number of amides is 1. The first-order valence-corrected chi connectivity index (χ1v) is 8.81. The van der Waals surface area contributed by atoms with Gasteiger partial charge in [0.1, 0.15) is 0 Å². The van der Waals surface area contributed by atoms with Crippen LogP contribution in [0.4, 0.5) is 5.69 Å². The molecule has 0 saturated heterocycles. The molecular weight excluding hydrogens is 354 g/mol. The van der Waals surface area contributed by atoms with Crippen LogP contribution >= 0.6 is 23.1 Å². The minimum Gasteiger partial charge on any atom is -0.321 e. The van der Waals surface area contributed by atoms with E-state index in [9.17, 15) is 9.00 Å². The molecule has 1 aromatic heterocycles. The highest BCUT2D eigenvalue weighted by molar-refractivity contribution is 7.87. The Morgan fingerprint density at radius 1 is 1.09 bits per heavy atom. The van der Waals surface area contributed by atoms with Crippen LogP contribution in [0.25, 0.3) is 0 Å². The molecule has 3 rings (SSSR count). The Morgan fingerprint density at radius 3 is 2.48 bits per heavy atom. The average molecular weight is 364 g/mol. The molecule has 0 fully saturated rings. The Labute approximate surface area is 143 Å². The van der Waals surface area contributed by atoms with Crippen LogP contribution in [0.1, 0.15) is 10.5 Å². The highest BCUT2D eigenvalue weighted by Gasteiger charge is 2.22. The number of nitrogens with one attached hydrogen (secondary N) is 1. The zero-order valence-corrected chi connectivity index (χ0v) is 14.0. The predicted molar refractivity (Wildman–Crippen MR) is 90.4 cm³/mol. The first-order valence-electron chi connectivity index (χ1n) is 6.51. The van der Waals surface area contributed by atoms with Gasteiger partial charge in [-0.3, -0.25) is 4.79 Å². The largest absolute Gasteiger partial charge is 0.321 e. The van der Waals surface area contributed by atoms with Gasteiger partial charge in [0.2, 0.25) is 0 Å². The van der Waals surface area contributed by atoms with Crippen molar-refractivity contribution in [3.63, 3.8) is 0 Å². The molecule has 116 valence electrons. The summed E-state index contributed by atoms with van der Waals surface area (Å²) in [5, 5.41) is 7.07. The van der Waals surface area contributed by atoms with Crippen LogP contribution in [0.5, 0.6) is 0 Å². The third-order valence-corrected chi connectivity index (χ3v) is 5.58.